The first kappa shape index (κ1) is 42.6. The minimum Gasteiger partial charge on any atom is -0.385 e. The lowest BCUT2D eigenvalue weighted by Gasteiger charge is -2.12. The lowest BCUT2D eigenvalue weighted by molar-refractivity contribution is -0.162. The maximum atomic E-state index is 12.2. The van der Waals surface area contributed by atoms with Crippen molar-refractivity contribution in [3.63, 3.8) is 0 Å². The highest BCUT2D eigenvalue weighted by atomic mass is 16.5. The van der Waals surface area contributed by atoms with Crippen LogP contribution in [0.25, 0.3) is 0 Å². The smallest absolute Gasteiger partial charge is 0.242 e. The summed E-state index contributed by atoms with van der Waals surface area (Å²) >= 11 is 0. The van der Waals surface area contributed by atoms with E-state index in [-0.39, 0.29) is 35.8 Å². The zero-order valence-corrected chi connectivity index (χ0v) is 27.7. The van der Waals surface area contributed by atoms with Gasteiger partial charge in [-0.1, -0.05) is 38.5 Å². The maximum absolute atomic E-state index is 12.2. The van der Waals surface area contributed by atoms with Crippen LogP contribution in [-0.4, -0.2) is 88.2 Å². The number of unbranched alkanes of at least 4 members (excludes halogenated alkanes) is 10. The van der Waals surface area contributed by atoms with E-state index in [1.807, 2.05) is 0 Å². The summed E-state index contributed by atoms with van der Waals surface area (Å²) in [5.74, 6) is -0.726. The molecule has 0 aromatic rings. The predicted octanol–water partition coefficient (Wildman–Crippen LogP) is 3.47. The number of Topliss-reactive ketones (excluding diaryl/α,β-unsaturated/α-hetero) is 2. The van der Waals surface area contributed by atoms with E-state index in [1.54, 1.807) is 0 Å². The first-order valence-corrected chi connectivity index (χ1v) is 17.2. The molecule has 45 heavy (non-hydrogen) atoms. The highest BCUT2D eigenvalue weighted by Gasteiger charge is 2.15. The molecule has 0 spiro atoms. The van der Waals surface area contributed by atoms with Gasteiger partial charge in [-0.25, -0.2) is 5.06 Å². The van der Waals surface area contributed by atoms with Crippen LogP contribution in [0, 0.1) is 0 Å². The molecule has 12 heteroatoms. The number of aliphatic hydroxyl groups is 2. The molecule has 0 heterocycles. The number of carbonyl (C=O) groups excluding carboxylic acids is 5. The molecule has 2 atom stereocenters. The number of ketones is 2. The molecule has 262 valence electrons. The SMILES string of the molecule is CC(=O)N(O)CCCCCNC(=O)CCCCCC(O)C(=O)CCCCCNC(=O)CCCCCC(=O)C(O)CCCCCN. The monoisotopic (exact) mass is 642 g/mol. The summed E-state index contributed by atoms with van der Waals surface area (Å²) in [6.45, 7) is 3.31. The Morgan fingerprint density at radius 2 is 0.978 bits per heavy atom. The Bertz CT molecular complexity index is 827. The van der Waals surface area contributed by atoms with Crippen LogP contribution in [0.2, 0.25) is 0 Å². The summed E-state index contributed by atoms with van der Waals surface area (Å²) in [6, 6.07) is 0. The first-order chi connectivity index (χ1) is 21.6. The van der Waals surface area contributed by atoms with Gasteiger partial charge < -0.3 is 26.6 Å². The summed E-state index contributed by atoms with van der Waals surface area (Å²) in [7, 11) is 0. The van der Waals surface area contributed by atoms with Gasteiger partial charge in [-0.05, 0) is 77.2 Å². The number of amides is 3. The standard InChI is InChI=1S/C33H62N4O8/c1-27(38)37(45)26-16-6-15-25-36-33(44)22-12-3-8-18-29(40)31(42)20-10-5-14-24-35-32(43)21-11-2-7-17-28(39)30(41)19-9-4-13-23-34/h29-30,40-41,45H,2-26,34H2,1H3,(H,35,43)(H,36,44). The number of hydroxylamine groups is 2. The van der Waals surface area contributed by atoms with Crippen LogP contribution in [0.15, 0.2) is 0 Å². The van der Waals surface area contributed by atoms with Gasteiger partial charge in [-0.15, -0.1) is 0 Å². The second-order valence-corrected chi connectivity index (χ2v) is 12.0. The van der Waals surface area contributed by atoms with Crippen molar-refractivity contribution in [1.82, 2.24) is 15.7 Å². The molecule has 2 unspecified atom stereocenters. The van der Waals surface area contributed by atoms with Crippen LogP contribution in [0.5, 0.6) is 0 Å². The molecule has 0 aromatic carbocycles. The third-order valence-electron chi connectivity index (χ3n) is 7.79. The molecule has 0 bridgehead atoms. The molecule has 0 radical (unpaired) electrons. The van der Waals surface area contributed by atoms with Crippen molar-refractivity contribution in [3.05, 3.63) is 0 Å². The van der Waals surface area contributed by atoms with E-state index in [0.717, 1.165) is 57.8 Å². The number of aliphatic hydroxyl groups excluding tert-OH is 2. The van der Waals surface area contributed by atoms with E-state index in [2.05, 4.69) is 10.6 Å². The quantitative estimate of drug-likeness (QED) is 0.0372. The number of nitrogens with two attached hydrogens (primary N) is 1. The Hall–Kier alpha value is -2.41. The number of rotatable bonds is 31. The predicted molar refractivity (Wildman–Crippen MR) is 173 cm³/mol. The van der Waals surface area contributed by atoms with Gasteiger partial charge in [0, 0.05) is 52.2 Å². The number of carbonyl (C=O) groups is 5. The third kappa shape index (κ3) is 26.5. The second-order valence-electron chi connectivity index (χ2n) is 12.0. The van der Waals surface area contributed by atoms with Crippen LogP contribution >= 0.6 is 0 Å². The molecule has 3 amide bonds. The molecule has 0 aliphatic carbocycles. The molecule has 7 N–H and O–H groups in total. The highest BCUT2D eigenvalue weighted by molar-refractivity contribution is 5.83. The molecule has 0 aliphatic rings. The molecule has 0 aliphatic heterocycles. The van der Waals surface area contributed by atoms with Gasteiger partial charge in [-0.2, -0.15) is 0 Å². The Labute approximate surface area is 270 Å². The Balaban J connectivity index is 3.62. The van der Waals surface area contributed by atoms with Crippen molar-refractivity contribution in [2.45, 2.75) is 154 Å². The van der Waals surface area contributed by atoms with Gasteiger partial charge in [0.05, 0.1) is 0 Å². The van der Waals surface area contributed by atoms with E-state index in [1.165, 1.54) is 6.92 Å². The van der Waals surface area contributed by atoms with E-state index in [9.17, 15) is 39.4 Å². The molecule has 12 nitrogen and oxygen atoms in total. The van der Waals surface area contributed by atoms with Gasteiger partial charge >= 0.3 is 0 Å². The van der Waals surface area contributed by atoms with Crippen LogP contribution in [0.3, 0.4) is 0 Å². The summed E-state index contributed by atoms with van der Waals surface area (Å²) < 4.78 is 0. The molecular weight excluding hydrogens is 580 g/mol. The molecule has 0 saturated carbocycles. The van der Waals surface area contributed by atoms with Gasteiger partial charge in [0.1, 0.15) is 12.2 Å². The topological polar surface area (TPSA) is 199 Å². The number of nitrogens with one attached hydrogen (secondary N) is 2. The fraction of sp³-hybridized carbons (Fsp3) is 0.848. The average molecular weight is 643 g/mol. The van der Waals surface area contributed by atoms with Crippen LogP contribution in [0.4, 0.5) is 0 Å². The third-order valence-corrected chi connectivity index (χ3v) is 7.79. The molecule has 0 aromatic heterocycles. The summed E-state index contributed by atoms with van der Waals surface area (Å²) in [6.07, 6.45) is 11.8. The summed E-state index contributed by atoms with van der Waals surface area (Å²) in [5, 5.41) is 35.7. The minimum absolute atomic E-state index is 0.0252. The lowest BCUT2D eigenvalue weighted by Crippen LogP contribution is -2.26. The number of nitrogens with zero attached hydrogens (tertiary/aromatic N) is 1. The van der Waals surface area contributed by atoms with Crippen molar-refractivity contribution in [2.75, 3.05) is 26.2 Å². The van der Waals surface area contributed by atoms with Crippen molar-refractivity contribution >= 4 is 29.3 Å². The van der Waals surface area contributed by atoms with Crippen LogP contribution in [0.1, 0.15) is 142 Å². The highest BCUT2D eigenvalue weighted by Crippen LogP contribution is 2.11. The Morgan fingerprint density at radius 1 is 0.578 bits per heavy atom. The normalized spacial score (nSPS) is 12.4. The van der Waals surface area contributed by atoms with Crippen molar-refractivity contribution in [1.29, 1.82) is 0 Å². The average Bonchev–Trinajstić information content (AvgIpc) is 3.01. The van der Waals surface area contributed by atoms with Crippen LogP contribution < -0.4 is 16.4 Å². The number of hydrogen-bond donors (Lipinski definition) is 6. The fourth-order valence-electron chi connectivity index (χ4n) is 4.83. The van der Waals surface area contributed by atoms with E-state index in [0.29, 0.717) is 102 Å². The van der Waals surface area contributed by atoms with Gasteiger partial charge in [0.2, 0.25) is 17.7 Å². The molecular formula is C33H62N4O8. The van der Waals surface area contributed by atoms with Crippen LogP contribution in [-0.2, 0) is 24.0 Å². The fourth-order valence-corrected chi connectivity index (χ4v) is 4.83. The van der Waals surface area contributed by atoms with E-state index in [4.69, 9.17) is 5.73 Å². The molecule has 0 saturated heterocycles. The molecule has 0 rings (SSSR count). The van der Waals surface area contributed by atoms with Gasteiger partial charge in [0.25, 0.3) is 0 Å². The second kappa shape index (κ2) is 29.0. The Morgan fingerprint density at radius 3 is 1.44 bits per heavy atom. The van der Waals surface area contributed by atoms with Crippen molar-refractivity contribution in [2.24, 2.45) is 5.73 Å². The zero-order valence-electron chi connectivity index (χ0n) is 27.7. The largest absolute Gasteiger partial charge is 0.385 e. The van der Waals surface area contributed by atoms with E-state index < -0.39 is 12.2 Å². The zero-order chi connectivity index (χ0) is 33.7. The first-order valence-electron chi connectivity index (χ1n) is 17.2. The minimum atomic E-state index is -0.976. The summed E-state index contributed by atoms with van der Waals surface area (Å²) in [4.78, 5) is 59.0. The lowest BCUT2D eigenvalue weighted by atomic mass is 10.0. The number of hydrogen-bond acceptors (Lipinski definition) is 9. The van der Waals surface area contributed by atoms with E-state index >= 15 is 0 Å². The van der Waals surface area contributed by atoms with Crippen molar-refractivity contribution < 1.29 is 39.4 Å². The molecule has 0 fully saturated rings. The summed E-state index contributed by atoms with van der Waals surface area (Å²) in [5.41, 5.74) is 5.44. The Kier molecular flexibility index (Phi) is 27.5. The van der Waals surface area contributed by atoms with Gasteiger partial charge in [0.15, 0.2) is 11.6 Å². The van der Waals surface area contributed by atoms with Gasteiger partial charge in [-0.3, -0.25) is 29.2 Å². The van der Waals surface area contributed by atoms with Crippen molar-refractivity contribution in [3.8, 4) is 0 Å². The maximum Gasteiger partial charge on any atom is 0.242 e.